The number of nitro benzene ring substituents is 1. The van der Waals surface area contributed by atoms with E-state index in [0.29, 0.717) is 30.5 Å². The Morgan fingerprint density at radius 2 is 1.81 bits per heavy atom. The Hall–Kier alpha value is -2.60. The Balaban J connectivity index is 2.01. The van der Waals surface area contributed by atoms with E-state index in [0.717, 1.165) is 0 Å². The molecule has 0 saturated carbocycles. The van der Waals surface area contributed by atoms with Gasteiger partial charge in [-0.2, -0.15) is 0 Å². The maximum Gasteiger partial charge on any atom is 0.269 e. The minimum absolute atomic E-state index is 0.0166. The fourth-order valence-electron chi connectivity index (χ4n) is 1.57. The molecule has 0 amide bonds. The number of nitrogens with zero attached hydrogens (tertiary/aromatic N) is 1. The molecule has 0 heterocycles. The van der Waals surface area contributed by atoms with Crippen LogP contribution in [-0.2, 0) is 4.74 Å². The molecule has 0 spiro atoms. The molecule has 2 rings (SSSR count). The van der Waals surface area contributed by atoms with Gasteiger partial charge in [0.25, 0.3) is 5.69 Å². The van der Waals surface area contributed by atoms with Crippen LogP contribution in [0.4, 0.5) is 5.69 Å². The van der Waals surface area contributed by atoms with E-state index in [-0.39, 0.29) is 5.69 Å². The highest BCUT2D eigenvalue weighted by Gasteiger charge is 2.06. The van der Waals surface area contributed by atoms with E-state index in [2.05, 4.69) is 6.07 Å². The minimum atomic E-state index is -0.458. The van der Waals surface area contributed by atoms with Crippen LogP contribution in [-0.4, -0.2) is 25.2 Å². The first-order valence-electron chi connectivity index (χ1n) is 6.25. The molecule has 0 N–H and O–H groups in total. The number of rotatable bonds is 7. The molecule has 0 aliphatic heterocycles. The Morgan fingerprint density at radius 3 is 2.48 bits per heavy atom. The number of non-ortho nitro benzene ring substituents is 1. The quantitative estimate of drug-likeness (QED) is 0.444. The largest absolute Gasteiger partial charge is 0.490 e. The van der Waals surface area contributed by atoms with Gasteiger partial charge >= 0.3 is 0 Å². The zero-order valence-electron chi connectivity index (χ0n) is 11.4. The summed E-state index contributed by atoms with van der Waals surface area (Å²) in [6, 6.07) is 14.1. The van der Waals surface area contributed by atoms with E-state index < -0.39 is 4.92 Å². The van der Waals surface area contributed by atoms with E-state index in [9.17, 15) is 10.1 Å². The lowest BCUT2D eigenvalue weighted by Crippen LogP contribution is -2.04. The van der Waals surface area contributed by atoms with Crippen LogP contribution in [0.15, 0.2) is 42.5 Å². The van der Waals surface area contributed by atoms with E-state index in [1.165, 1.54) is 24.3 Å². The van der Waals surface area contributed by atoms with Crippen molar-refractivity contribution in [2.75, 3.05) is 20.3 Å². The summed E-state index contributed by atoms with van der Waals surface area (Å²) in [7, 11) is 1.60. The number of hydrogen-bond acceptors (Lipinski definition) is 5. The molecule has 21 heavy (non-hydrogen) atoms. The second kappa shape index (κ2) is 7.25. The molecule has 0 saturated heterocycles. The van der Waals surface area contributed by atoms with Crippen LogP contribution in [0.25, 0.3) is 0 Å². The first-order chi connectivity index (χ1) is 10.2. The van der Waals surface area contributed by atoms with Gasteiger partial charge in [-0.1, -0.05) is 6.07 Å². The Bertz CT molecular complexity index is 597. The molecule has 6 nitrogen and oxygen atoms in total. The van der Waals surface area contributed by atoms with Crippen molar-refractivity contribution < 1.29 is 19.1 Å². The van der Waals surface area contributed by atoms with Gasteiger partial charge in [0.1, 0.15) is 23.9 Å². The Kier molecular flexibility index (Phi) is 5.11. The number of nitro groups is 1. The van der Waals surface area contributed by atoms with Crippen molar-refractivity contribution in [3.8, 4) is 17.2 Å². The predicted octanol–water partition coefficient (Wildman–Crippen LogP) is 3.21. The highest BCUT2D eigenvalue weighted by atomic mass is 16.6. The topological polar surface area (TPSA) is 70.8 Å². The van der Waals surface area contributed by atoms with Crippen molar-refractivity contribution in [2.45, 2.75) is 0 Å². The number of hydrogen-bond donors (Lipinski definition) is 0. The number of methoxy groups -OCH3 is 1. The second-order valence-electron chi connectivity index (χ2n) is 4.07. The molecule has 0 atom stereocenters. The summed E-state index contributed by atoms with van der Waals surface area (Å²) >= 11 is 0. The monoisotopic (exact) mass is 288 g/mol. The third kappa shape index (κ3) is 4.47. The summed E-state index contributed by atoms with van der Waals surface area (Å²) < 4.78 is 15.9. The van der Waals surface area contributed by atoms with Crippen LogP contribution in [0.5, 0.6) is 17.2 Å². The van der Waals surface area contributed by atoms with Gasteiger partial charge in [-0.3, -0.25) is 10.1 Å². The van der Waals surface area contributed by atoms with Crippen LogP contribution >= 0.6 is 0 Å². The SMILES string of the molecule is COCCOc1[c]c(Oc2ccc([N+](=O)[O-])cc2)ccc1. The number of benzene rings is 2. The van der Waals surface area contributed by atoms with Crippen molar-refractivity contribution in [3.05, 3.63) is 58.6 Å². The fraction of sp³-hybridized carbons (Fsp3) is 0.200. The molecule has 2 aromatic carbocycles. The van der Waals surface area contributed by atoms with Crippen molar-refractivity contribution in [2.24, 2.45) is 0 Å². The average molecular weight is 288 g/mol. The molecule has 0 fully saturated rings. The minimum Gasteiger partial charge on any atom is -0.490 e. The van der Waals surface area contributed by atoms with Crippen LogP contribution in [0.2, 0.25) is 0 Å². The molecular formula is C15H14NO5. The summed E-state index contributed by atoms with van der Waals surface area (Å²) in [5.74, 6) is 1.51. The van der Waals surface area contributed by atoms with Gasteiger partial charge in [-0.05, 0) is 24.3 Å². The molecule has 0 unspecified atom stereocenters. The zero-order valence-corrected chi connectivity index (χ0v) is 11.4. The van der Waals surface area contributed by atoms with Gasteiger partial charge in [0, 0.05) is 19.2 Å². The van der Waals surface area contributed by atoms with Gasteiger partial charge < -0.3 is 14.2 Å². The van der Waals surface area contributed by atoms with E-state index in [4.69, 9.17) is 14.2 Å². The van der Waals surface area contributed by atoms with E-state index in [1.807, 2.05) is 0 Å². The summed E-state index contributed by atoms with van der Waals surface area (Å²) in [5, 5.41) is 10.6. The van der Waals surface area contributed by atoms with Crippen molar-refractivity contribution in [1.82, 2.24) is 0 Å². The van der Waals surface area contributed by atoms with Crippen LogP contribution in [0, 0.1) is 16.2 Å². The fourth-order valence-corrected chi connectivity index (χ4v) is 1.57. The van der Waals surface area contributed by atoms with Crippen LogP contribution < -0.4 is 9.47 Å². The van der Waals surface area contributed by atoms with E-state index in [1.54, 1.807) is 25.3 Å². The Labute approximate surface area is 122 Å². The standard InChI is InChI=1S/C15H14NO5/c1-19-9-10-20-14-3-2-4-15(11-14)21-13-7-5-12(6-8-13)16(17)18/h2-8H,9-10H2,1H3. The Morgan fingerprint density at radius 1 is 1.10 bits per heavy atom. The first-order valence-corrected chi connectivity index (χ1v) is 6.25. The molecule has 0 aromatic heterocycles. The van der Waals surface area contributed by atoms with Gasteiger partial charge in [-0.25, -0.2) is 0 Å². The van der Waals surface area contributed by atoms with Gasteiger partial charge in [0.2, 0.25) is 0 Å². The lowest BCUT2D eigenvalue weighted by atomic mass is 10.3. The van der Waals surface area contributed by atoms with Gasteiger partial charge in [0.05, 0.1) is 17.6 Å². The molecule has 2 aromatic rings. The normalized spacial score (nSPS) is 10.1. The average Bonchev–Trinajstić information content (AvgIpc) is 2.48. The van der Waals surface area contributed by atoms with Crippen LogP contribution in [0.3, 0.4) is 0 Å². The molecule has 6 heteroatoms. The van der Waals surface area contributed by atoms with Gasteiger partial charge in [-0.15, -0.1) is 0 Å². The molecule has 0 aliphatic rings. The molecule has 0 bridgehead atoms. The van der Waals surface area contributed by atoms with Gasteiger partial charge in [0.15, 0.2) is 0 Å². The molecule has 109 valence electrons. The first kappa shape index (κ1) is 14.8. The highest BCUT2D eigenvalue weighted by molar-refractivity contribution is 5.39. The maximum atomic E-state index is 10.6. The molecule has 1 radical (unpaired) electrons. The van der Waals surface area contributed by atoms with Crippen LogP contribution in [0.1, 0.15) is 0 Å². The van der Waals surface area contributed by atoms with Crippen molar-refractivity contribution in [1.29, 1.82) is 0 Å². The summed E-state index contributed by atoms with van der Waals surface area (Å²) in [6.45, 7) is 0.912. The third-order valence-corrected chi connectivity index (χ3v) is 2.56. The predicted molar refractivity (Wildman–Crippen MR) is 75.8 cm³/mol. The smallest absolute Gasteiger partial charge is 0.269 e. The lowest BCUT2D eigenvalue weighted by Gasteiger charge is -2.08. The highest BCUT2D eigenvalue weighted by Crippen LogP contribution is 2.26. The summed E-state index contributed by atoms with van der Waals surface area (Å²) in [5.41, 5.74) is 0.0166. The van der Waals surface area contributed by atoms with E-state index >= 15 is 0 Å². The second-order valence-corrected chi connectivity index (χ2v) is 4.07. The number of ether oxygens (including phenoxy) is 3. The maximum absolute atomic E-state index is 10.6. The summed E-state index contributed by atoms with van der Waals surface area (Å²) in [4.78, 5) is 10.1. The van der Waals surface area contributed by atoms with Crippen molar-refractivity contribution >= 4 is 5.69 Å². The summed E-state index contributed by atoms with van der Waals surface area (Å²) in [6.07, 6.45) is 0. The zero-order chi connectivity index (χ0) is 15.1. The molecule has 0 aliphatic carbocycles. The molecular weight excluding hydrogens is 274 g/mol. The lowest BCUT2D eigenvalue weighted by molar-refractivity contribution is -0.384. The van der Waals surface area contributed by atoms with Crippen molar-refractivity contribution in [3.63, 3.8) is 0 Å². The third-order valence-electron chi connectivity index (χ3n) is 2.56.